The molecule has 1 atom stereocenters. The molecule has 2 rings (SSSR count). The van der Waals surface area contributed by atoms with Gasteiger partial charge in [-0.15, -0.1) is 0 Å². The second-order valence-electron chi connectivity index (χ2n) is 4.46. The average Bonchev–Trinajstić information content (AvgIpc) is 2.64. The smallest absolute Gasteiger partial charge is 0.259 e. The van der Waals surface area contributed by atoms with E-state index in [1.807, 2.05) is 6.92 Å². The van der Waals surface area contributed by atoms with Crippen LogP contribution < -0.4 is 16.4 Å². The summed E-state index contributed by atoms with van der Waals surface area (Å²) in [6.07, 6.45) is 0.938. The Bertz CT molecular complexity index is 554. The minimum atomic E-state index is -0.443. The van der Waals surface area contributed by atoms with Crippen LogP contribution in [0.25, 0.3) is 0 Å². The van der Waals surface area contributed by atoms with E-state index in [-0.39, 0.29) is 23.9 Å². The topological polar surface area (TPSA) is 101 Å². The first kappa shape index (κ1) is 13.2. The number of amides is 3. The Labute approximate surface area is 110 Å². The van der Waals surface area contributed by atoms with Crippen molar-refractivity contribution in [2.75, 3.05) is 5.32 Å². The van der Waals surface area contributed by atoms with Gasteiger partial charge in [0, 0.05) is 18.2 Å². The van der Waals surface area contributed by atoms with Gasteiger partial charge < -0.3 is 11.1 Å². The summed E-state index contributed by atoms with van der Waals surface area (Å²) in [5.74, 6) is -1.06. The lowest BCUT2D eigenvalue weighted by atomic mass is 10.1. The molecule has 0 fully saturated rings. The molecular weight excluding hydrogens is 246 g/mol. The van der Waals surface area contributed by atoms with Crippen molar-refractivity contribution in [3.05, 3.63) is 29.3 Å². The summed E-state index contributed by atoms with van der Waals surface area (Å²) in [6, 6.07) is 4.42. The number of nitrogens with two attached hydrogens (primary N) is 1. The van der Waals surface area contributed by atoms with Crippen molar-refractivity contribution in [2.24, 2.45) is 5.73 Å². The maximum Gasteiger partial charge on any atom is 0.259 e. The fourth-order valence-corrected chi connectivity index (χ4v) is 1.84. The van der Waals surface area contributed by atoms with Crippen molar-refractivity contribution >= 4 is 23.4 Å². The molecule has 0 spiro atoms. The van der Waals surface area contributed by atoms with Gasteiger partial charge in [0.1, 0.15) is 0 Å². The van der Waals surface area contributed by atoms with Crippen LogP contribution in [0, 0.1) is 0 Å². The van der Waals surface area contributed by atoms with Gasteiger partial charge >= 0.3 is 0 Å². The van der Waals surface area contributed by atoms with Gasteiger partial charge in [-0.2, -0.15) is 0 Å². The SMILES string of the molecule is CCC(N)CC(=O)Nc1ccc2c(c1)C(=O)NC2=O. The summed E-state index contributed by atoms with van der Waals surface area (Å²) in [5.41, 5.74) is 6.78. The summed E-state index contributed by atoms with van der Waals surface area (Å²) in [4.78, 5) is 34.5. The summed E-state index contributed by atoms with van der Waals surface area (Å²) < 4.78 is 0. The highest BCUT2D eigenvalue weighted by atomic mass is 16.2. The van der Waals surface area contributed by atoms with E-state index < -0.39 is 11.8 Å². The molecule has 19 heavy (non-hydrogen) atoms. The Balaban J connectivity index is 2.11. The molecule has 1 aliphatic rings. The molecule has 0 saturated carbocycles. The molecule has 0 bridgehead atoms. The molecule has 0 aliphatic carbocycles. The van der Waals surface area contributed by atoms with Gasteiger partial charge in [-0.05, 0) is 24.6 Å². The molecule has 1 aromatic rings. The van der Waals surface area contributed by atoms with Crippen molar-refractivity contribution in [3.63, 3.8) is 0 Å². The number of hydrogen-bond acceptors (Lipinski definition) is 4. The molecule has 4 N–H and O–H groups in total. The quantitative estimate of drug-likeness (QED) is 0.692. The molecule has 1 aromatic carbocycles. The number of benzene rings is 1. The van der Waals surface area contributed by atoms with E-state index in [0.29, 0.717) is 17.7 Å². The first-order valence-electron chi connectivity index (χ1n) is 6.06. The predicted molar refractivity (Wildman–Crippen MR) is 69.8 cm³/mol. The zero-order valence-corrected chi connectivity index (χ0v) is 10.5. The Morgan fingerprint density at radius 2 is 2.00 bits per heavy atom. The van der Waals surface area contributed by atoms with Gasteiger partial charge in [0.25, 0.3) is 11.8 Å². The van der Waals surface area contributed by atoms with Crippen LogP contribution in [0.2, 0.25) is 0 Å². The van der Waals surface area contributed by atoms with Crippen molar-refractivity contribution in [1.82, 2.24) is 5.32 Å². The van der Waals surface area contributed by atoms with Gasteiger partial charge in [-0.1, -0.05) is 6.92 Å². The lowest BCUT2D eigenvalue weighted by Crippen LogP contribution is -2.26. The maximum absolute atomic E-state index is 11.7. The van der Waals surface area contributed by atoms with Crippen LogP contribution in [0.1, 0.15) is 40.5 Å². The molecule has 1 aliphatic heterocycles. The van der Waals surface area contributed by atoms with E-state index >= 15 is 0 Å². The van der Waals surface area contributed by atoms with Crippen LogP contribution in [0.4, 0.5) is 5.69 Å². The van der Waals surface area contributed by atoms with Crippen LogP contribution in [0.5, 0.6) is 0 Å². The minimum Gasteiger partial charge on any atom is -0.327 e. The molecule has 0 radical (unpaired) electrons. The monoisotopic (exact) mass is 261 g/mol. The average molecular weight is 261 g/mol. The maximum atomic E-state index is 11.7. The van der Waals surface area contributed by atoms with Gasteiger partial charge in [-0.25, -0.2) is 0 Å². The third-order valence-corrected chi connectivity index (χ3v) is 2.99. The Kier molecular flexibility index (Phi) is 3.62. The van der Waals surface area contributed by atoms with Crippen LogP contribution >= 0.6 is 0 Å². The van der Waals surface area contributed by atoms with Crippen molar-refractivity contribution in [1.29, 1.82) is 0 Å². The minimum absolute atomic E-state index is 0.181. The van der Waals surface area contributed by atoms with Crippen LogP contribution in [-0.4, -0.2) is 23.8 Å². The lowest BCUT2D eigenvalue weighted by molar-refractivity contribution is -0.116. The van der Waals surface area contributed by atoms with Crippen LogP contribution in [0.15, 0.2) is 18.2 Å². The first-order valence-corrected chi connectivity index (χ1v) is 6.06. The molecule has 0 aromatic heterocycles. The number of carbonyl (C=O) groups excluding carboxylic acids is 3. The molecule has 1 heterocycles. The van der Waals surface area contributed by atoms with Crippen molar-refractivity contribution in [3.8, 4) is 0 Å². The molecular formula is C13H15N3O3. The number of nitrogens with one attached hydrogen (secondary N) is 2. The van der Waals surface area contributed by atoms with Crippen LogP contribution in [-0.2, 0) is 4.79 Å². The van der Waals surface area contributed by atoms with E-state index in [2.05, 4.69) is 10.6 Å². The largest absolute Gasteiger partial charge is 0.327 e. The summed E-state index contributed by atoms with van der Waals surface area (Å²) in [7, 11) is 0. The lowest BCUT2D eigenvalue weighted by Gasteiger charge is -2.09. The van der Waals surface area contributed by atoms with E-state index in [4.69, 9.17) is 5.73 Å². The number of carbonyl (C=O) groups is 3. The zero-order chi connectivity index (χ0) is 14.0. The van der Waals surface area contributed by atoms with Crippen molar-refractivity contribution < 1.29 is 14.4 Å². The van der Waals surface area contributed by atoms with Gasteiger partial charge in [0.05, 0.1) is 11.1 Å². The number of imide groups is 1. The van der Waals surface area contributed by atoms with Crippen LogP contribution in [0.3, 0.4) is 0 Å². The third kappa shape index (κ3) is 2.79. The van der Waals surface area contributed by atoms with E-state index in [1.165, 1.54) is 12.1 Å². The molecule has 0 saturated heterocycles. The summed E-state index contributed by atoms with van der Waals surface area (Å²) in [5, 5.41) is 4.86. The molecule has 1 unspecified atom stereocenters. The number of rotatable bonds is 4. The molecule has 100 valence electrons. The van der Waals surface area contributed by atoms with Gasteiger partial charge in [0.2, 0.25) is 5.91 Å². The zero-order valence-electron chi connectivity index (χ0n) is 10.5. The molecule has 6 heteroatoms. The highest BCUT2D eigenvalue weighted by molar-refractivity contribution is 6.22. The number of fused-ring (bicyclic) bond motifs is 1. The predicted octanol–water partition coefficient (Wildman–Crippen LogP) is 0.636. The number of hydrogen-bond donors (Lipinski definition) is 3. The highest BCUT2D eigenvalue weighted by Gasteiger charge is 2.26. The second kappa shape index (κ2) is 5.19. The summed E-state index contributed by atoms with van der Waals surface area (Å²) >= 11 is 0. The Morgan fingerprint density at radius 1 is 1.32 bits per heavy atom. The Hall–Kier alpha value is -2.21. The van der Waals surface area contributed by atoms with Gasteiger partial charge in [0.15, 0.2) is 0 Å². The second-order valence-corrected chi connectivity index (χ2v) is 4.46. The van der Waals surface area contributed by atoms with E-state index in [9.17, 15) is 14.4 Å². The molecule has 6 nitrogen and oxygen atoms in total. The highest BCUT2D eigenvalue weighted by Crippen LogP contribution is 2.20. The fraction of sp³-hybridized carbons (Fsp3) is 0.308. The van der Waals surface area contributed by atoms with Crippen molar-refractivity contribution in [2.45, 2.75) is 25.8 Å². The van der Waals surface area contributed by atoms with E-state index in [1.54, 1.807) is 6.07 Å². The molecule has 3 amide bonds. The van der Waals surface area contributed by atoms with Gasteiger partial charge in [-0.3, -0.25) is 19.7 Å². The fourth-order valence-electron chi connectivity index (χ4n) is 1.84. The summed E-state index contributed by atoms with van der Waals surface area (Å²) in [6.45, 7) is 1.91. The number of anilines is 1. The van der Waals surface area contributed by atoms with E-state index in [0.717, 1.165) is 0 Å². The third-order valence-electron chi connectivity index (χ3n) is 2.99. The first-order chi connectivity index (χ1) is 9.01. The standard InChI is InChI=1S/C13H15N3O3/c1-2-7(14)5-11(17)15-8-3-4-9-10(6-8)13(19)16-12(9)18/h3-4,6-7H,2,5,14H2,1H3,(H,15,17)(H,16,18,19). The normalized spacial score (nSPS) is 14.8. The Morgan fingerprint density at radius 3 is 2.68 bits per heavy atom.